The molecule has 1 N–H and O–H groups in total. The van der Waals surface area contributed by atoms with E-state index in [1.54, 1.807) is 0 Å². The van der Waals surface area contributed by atoms with Crippen molar-refractivity contribution in [3.05, 3.63) is 0 Å². The maximum absolute atomic E-state index is 12.4. The number of carboxylic acid groups (broad SMARTS) is 1. The van der Waals surface area contributed by atoms with Crippen LogP contribution in [0.1, 0.15) is 39.0 Å². The molecule has 0 aromatic rings. The van der Waals surface area contributed by atoms with Crippen LogP contribution in [0, 0.1) is 17.3 Å². The number of aliphatic carboxylic acids is 1. The van der Waals surface area contributed by atoms with Crippen molar-refractivity contribution in [3.8, 4) is 0 Å². The summed E-state index contributed by atoms with van der Waals surface area (Å²) in [5, 5.41) is 8.86. The van der Waals surface area contributed by atoms with Gasteiger partial charge in [0.1, 0.15) is 0 Å². The zero-order valence-electron chi connectivity index (χ0n) is 11.6. The van der Waals surface area contributed by atoms with Crippen LogP contribution >= 0.6 is 0 Å². The van der Waals surface area contributed by atoms with Crippen LogP contribution in [0.15, 0.2) is 0 Å². The van der Waals surface area contributed by atoms with E-state index in [-0.39, 0.29) is 17.7 Å². The Morgan fingerprint density at radius 3 is 2.42 bits per heavy atom. The minimum atomic E-state index is -3.35. The van der Waals surface area contributed by atoms with Gasteiger partial charge in [0.2, 0.25) is 10.0 Å². The third-order valence-electron chi connectivity index (χ3n) is 4.80. The van der Waals surface area contributed by atoms with Gasteiger partial charge in [-0.05, 0) is 43.4 Å². The molecule has 2 fully saturated rings. The van der Waals surface area contributed by atoms with E-state index < -0.39 is 21.9 Å². The van der Waals surface area contributed by atoms with Gasteiger partial charge in [0.05, 0.1) is 11.7 Å². The molecular formula is C13H23NO4S. The molecule has 0 aliphatic heterocycles. The summed E-state index contributed by atoms with van der Waals surface area (Å²) in [6.45, 7) is 1.59. The lowest BCUT2D eigenvalue weighted by molar-refractivity contribution is -0.141. The average molecular weight is 289 g/mol. The van der Waals surface area contributed by atoms with Gasteiger partial charge < -0.3 is 5.11 Å². The number of sulfonamides is 1. The van der Waals surface area contributed by atoms with E-state index in [0.29, 0.717) is 0 Å². The van der Waals surface area contributed by atoms with Gasteiger partial charge in [-0.15, -0.1) is 0 Å². The van der Waals surface area contributed by atoms with Gasteiger partial charge in [-0.1, -0.05) is 6.92 Å². The van der Waals surface area contributed by atoms with Gasteiger partial charge in [-0.25, -0.2) is 12.7 Å². The first-order valence-corrected chi connectivity index (χ1v) is 8.52. The molecule has 2 rings (SSSR count). The fourth-order valence-corrected chi connectivity index (χ4v) is 5.44. The molecule has 19 heavy (non-hydrogen) atoms. The van der Waals surface area contributed by atoms with Gasteiger partial charge in [-0.3, -0.25) is 4.79 Å². The van der Waals surface area contributed by atoms with Gasteiger partial charge in [-0.2, -0.15) is 0 Å². The highest BCUT2D eigenvalue weighted by Crippen LogP contribution is 2.54. The molecule has 0 saturated heterocycles. The molecule has 0 amide bonds. The Labute approximate surface area is 115 Å². The Bertz CT molecular complexity index is 451. The van der Waals surface area contributed by atoms with Crippen molar-refractivity contribution in [2.45, 2.75) is 39.0 Å². The van der Waals surface area contributed by atoms with Crippen LogP contribution in [0.2, 0.25) is 0 Å². The predicted octanol–water partition coefficient (Wildman–Crippen LogP) is 1.55. The molecule has 110 valence electrons. The van der Waals surface area contributed by atoms with E-state index in [9.17, 15) is 13.2 Å². The van der Waals surface area contributed by atoms with Gasteiger partial charge in [0.15, 0.2) is 0 Å². The van der Waals surface area contributed by atoms with Crippen LogP contribution < -0.4 is 0 Å². The molecule has 6 heteroatoms. The van der Waals surface area contributed by atoms with Gasteiger partial charge in [0.25, 0.3) is 0 Å². The molecule has 0 radical (unpaired) electrons. The molecule has 0 aromatic heterocycles. The maximum atomic E-state index is 12.4. The summed E-state index contributed by atoms with van der Waals surface area (Å²) >= 11 is 0. The first-order chi connectivity index (χ1) is 8.74. The molecule has 5 nitrogen and oxygen atoms in total. The molecule has 2 saturated carbocycles. The zero-order valence-corrected chi connectivity index (χ0v) is 12.4. The van der Waals surface area contributed by atoms with E-state index in [1.165, 1.54) is 18.3 Å². The molecule has 0 spiro atoms. The standard InChI is InChI=1S/C13H23NO4S/c1-10(12(15)16)8-14(2)19(17,18)9-13-5-3-11(7-13)4-6-13/h10-11H,3-9H2,1-2H3,(H,15,16). The van der Waals surface area contributed by atoms with Crippen molar-refractivity contribution < 1.29 is 18.3 Å². The Kier molecular flexibility index (Phi) is 3.93. The second kappa shape index (κ2) is 5.05. The molecule has 0 aromatic carbocycles. The third-order valence-corrected chi connectivity index (χ3v) is 6.88. The van der Waals surface area contributed by atoms with E-state index in [2.05, 4.69) is 0 Å². The van der Waals surface area contributed by atoms with Crippen LogP contribution in [0.3, 0.4) is 0 Å². The number of carboxylic acids is 1. The average Bonchev–Trinajstić information content (AvgIpc) is 2.87. The lowest BCUT2D eigenvalue weighted by atomic mass is 9.87. The van der Waals surface area contributed by atoms with Crippen LogP contribution in [-0.4, -0.2) is 43.1 Å². The van der Waals surface area contributed by atoms with Gasteiger partial charge in [0, 0.05) is 13.6 Å². The number of hydrogen-bond acceptors (Lipinski definition) is 3. The number of fused-ring (bicyclic) bond motifs is 2. The molecule has 2 aliphatic rings. The normalized spacial score (nSPS) is 31.8. The highest BCUT2D eigenvalue weighted by atomic mass is 32.2. The molecule has 2 bridgehead atoms. The van der Waals surface area contributed by atoms with Gasteiger partial charge >= 0.3 is 5.97 Å². The van der Waals surface area contributed by atoms with E-state index in [1.807, 2.05) is 0 Å². The van der Waals surface area contributed by atoms with Crippen molar-refractivity contribution in [2.24, 2.45) is 17.3 Å². The summed E-state index contributed by atoms with van der Waals surface area (Å²) < 4.78 is 25.9. The summed E-state index contributed by atoms with van der Waals surface area (Å²) in [4.78, 5) is 10.8. The van der Waals surface area contributed by atoms with E-state index in [4.69, 9.17) is 5.11 Å². The highest BCUT2D eigenvalue weighted by molar-refractivity contribution is 7.89. The predicted molar refractivity (Wildman–Crippen MR) is 72.2 cm³/mol. The number of rotatable bonds is 6. The Morgan fingerprint density at radius 2 is 2.00 bits per heavy atom. The Balaban J connectivity index is 2.00. The minimum absolute atomic E-state index is 0.0236. The SMILES string of the molecule is CC(CN(C)S(=O)(=O)CC12CCC(CC1)C2)C(=O)O. The molecule has 2 aliphatic carbocycles. The maximum Gasteiger partial charge on any atom is 0.307 e. The largest absolute Gasteiger partial charge is 0.481 e. The quantitative estimate of drug-likeness (QED) is 0.805. The van der Waals surface area contributed by atoms with Crippen molar-refractivity contribution in [3.63, 3.8) is 0 Å². The van der Waals surface area contributed by atoms with Crippen molar-refractivity contribution >= 4 is 16.0 Å². The minimum Gasteiger partial charge on any atom is -0.481 e. The first kappa shape index (κ1) is 14.8. The first-order valence-electron chi connectivity index (χ1n) is 6.91. The summed E-state index contributed by atoms with van der Waals surface area (Å²) in [7, 11) is -1.85. The topological polar surface area (TPSA) is 74.7 Å². The lowest BCUT2D eigenvalue weighted by Gasteiger charge is -2.29. The van der Waals surface area contributed by atoms with Crippen LogP contribution in [0.4, 0.5) is 0 Å². The molecule has 1 unspecified atom stereocenters. The second-order valence-electron chi connectivity index (χ2n) is 6.42. The summed E-state index contributed by atoms with van der Waals surface area (Å²) in [5.74, 6) is -0.711. The number of hydrogen-bond donors (Lipinski definition) is 1. The van der Waals surface area contributed by atoms with Crippen LogP contribution in [-0.2, 0) is 14.8 Å². The lowest BCUT2D eigenvalue weighted by Crippen LogP contribution is -2.39. The fraction of sp³-hybridized carbons (Fsp3) is 0.923. The van der Waals surface area contributed by atoms with Crippen molar-refractivity contribution in [1.29, 1.82) is 0 Å². The highest BCUT2D eigenvalue weighted by Gasteiger charge is 2.47. The number of nitrogens with zero attached hydrogens (tertiary/aromatic N) is 1. The zero-order chi connectivity index (χ0) is 14.3. The molecule has 1 atom stereocenters. The number of carbonyl (C=O) groups is 1. The van der Waals surface area contributed by atoms with Crippen LogP contribution in [0.25, 0.3) is 0 Å². The third kappa shape index (κ3) is 3.11. The van der Waals surface area contributed by atoms with Crippen molar-refractivity contribution in [2.75, 3.05) is 19.3 Å². The van der Waals surface area contributed by atoms with Crippen molar-refractivity contribution in [1.82, 2.24) is 4.31 Å². The fourth-order valence-electron chi connectivity index (χ4n) is 3.59. The van der Waals surface area contributed by atoms with Crippen LogP contribution in [0.5, 0.6) is 0 Å². The summed E-state index contributed by atoms with van der Waals surface area (Å²) in [6, 6.07) is 0. The summed E-state index contributed by atoms with van der Waals surface area (Å²) in [6.07, 6.45) is 5.38. The monoisotopic (exact) mass is 289 g/mol. The second-order valence-corrected chi connectivity index (χ2v) is 8.50. The van der Waals surface area contributed by atoms with E-state index in [0.717, 1.165) is 38.0 Å². The Hall–Kier alpha value is -0.620. The smallest absolute Gasteiger partial charge is 0.307 e. The van der Waals surface area contributed by atoms with E-state index >= 15 is 0 Å². The molecular weight excluding hydrogens is 266 g/mol. The summed E-state index contributed by atoms with van der Waals surface area (Å²) in [5.41, 5.74) is -0.0236. The molecule has 0 heterocycles. The Morgan fingerprint density at radius 1 is 1.42 bits per heavy atom.